The first kappa shape index (κ1) is 28.5. The lowest BCUT2D eigenvalue weighted by Crippen LogP contribution is -2.37. The highest BCUT2D eigenvalue weighted by Crippen LogP contribution is 2.34. The number of ether oxygens (including phenoxy) is 1. The lowest BCUT2D eigenvalue weighted by molar-refractivity contribution is -0.0788. The van der Waals surface area contributed by atoms with Crippen LogP contribution in [0.4, 0.5) is 15.0 Å². The first-order valence-corrected chi connectivity index (χ1v) is 13.0. The molecule has 208 valence electrons. The maximum Gasteiger partial charge on any atom is 0.415 e. The maximum absolute atomic E-state index is 12.8. The maximum atomic E-state index is 12.8. The molecule has 2 aromatic carbocycles. The molecule has 1 fully saturated rings. The largest absolute Gasteiger partial charge is 0.441 e. The second-order valence-corrected chi connectivity index (χ2v) is 9.79. The number of benzene rings is 2. The van der Waals surface area contributed by atoms with E-state index in [1.807, 2.05) is 62.7 Å². The molecular weight excluding hydrogens is 511 g/mol. The van der Waals surface area contributed by atoms with Gasteiger partial charge in [-0.25, -0.2) is 19.2 Å². The third kappa shape index (κ3) is 6.38. The van der Waals surface area contributed by atoms with Gasteiger partial charge in [-0.15, -0.1) is 0 Å². The number of nitrogens with zero attached hydrogens (tertiary/aromatic N) is 4. The second kappa shape index (κ2) is 12.6. The van der Waals surface area contributed by atoms with Crippen LogP contribution >= 0.6 is 0 Å². The van der Waals surface area contributed by atoms with Gasteiger partial charge in [-0.3, -0.25) is 4.90 Å². The topological polar surface area (TPSA) is 76.9 Å². The molecule has 0 saturated carbocycles. The molecule has 0 N–H and O–H groups in total. The van der Waals surface area contributed by atoms with Gasteiger partial charge in [0.2, 0.25) is 0 Å². The molecule has 1 aliphatic heterocycles. The van der Waals surface area contributed by atoms with Crippen molar-refractivity contribution >= 4 is 23.4 Å². The van der Waals surface area contributed by atoms with Crippen molar-refractivity contribution in [3.05, 3.63) is 103 Å². The first-order chi connectivity index (χ1) is 19.3. The standard InChI is InChI=1S/C31H33FN4O4/c1-5-7-11-23(3)36-21-26(28(33-36)24-12-9-8-10-13-24)20-34(4)19-18-31(6-2)22-35(30(38)39-31)27-16-14-25(15-17-27)29(37)40-32/h5,7-17,21H,1,3,6,18-20,22H2,2,4H3/b11-7-. The van der Waals surface area contributed by atoms with Gasteiger partial charge in [-0.2, -0.15) is 5.10 Å². The third-order valence-electron chi connectivity index (χ3n) is 7.05. The Labute approximate surface area is 233 Å². The lowest BCUT2D eigenvalue weighted by atomic mass is 9.95. The number of aromatic nitrogens is 2. The van der Waals surface area contributed by atoms with Gasteiger partial charge in [0, 0.05) is 47.0 Å². The Morgan fingerprint density at radius 2 is 1.95 bits per heavy atom. The summed E-state index contributed by atoms with van der Waals surface area (Å²) in [5, 5.41) is 4.81. The van der Waals surface area contributed by atoms with E-state index in [9.17, 15) is 14.1 Å². The van der Waals surface area contributed by atoms with Gasteiger partial charge in [0.05, 0.1) is 23.5 Å². The molecule has 1 atom stereocenters. The van der Waals surface area contributed by atoms with E-state index in [0.717, 1.165) is 22.5 Å². The molecule has 3 aromatic rings. The molecule has 0 spiro atoms. The van der Waals surface area contributed by atoms with Crippen LogP contribution in [0, 0.1) is 0 Å². The fraction of sp³-hybridized carbons (Fsp3) is 0.258. The molecule has 8 nitrogen and oxygen atoms in total. The van der Waals surface area contributed by atoms with Crippen LogP contribution in [0.15, 0.2) is 92.2 Å². The number of anilines is 1. The normalized spacial score (nSPS) is 16.9. The minimum atomic E-state index is -1.08. The number of rotatable bonds is 12. The monoisotopic (exact) mass is 544 g/mol. The van der Waals surface area contributed by atoms with E-state index in [1.54, 1.807) is 22.9 Å². The zero-order chi connectivity index (χ0) is 28.7. The van der Waals surface area contributed by atoms with Crippen LogP contribution in [-0.4, -0.2) is 52.5 Å². The molecule has 40 heavy (non-hydrogen) atoms. The Morgan fingerprint density at radius 3 is 2.60 bits per heavy atom. The van der Waals surface area contributed by atoms with E-state index in [1.165, 1.54) is 17.0 Å². The minimum absolute atomic E-state index is 0.0562. The van der Waals surface area contributed by atoms with Crippen molar-refractivity contribution in [2.75, 3.05) is 25.0 Å². The summed E-state index contributed by atoms with van der Waals surface area (Å²) in [6, 6.07) is 16.0. The summed E-state index contributed by atoms with van der Waals surface area (Å²) in [6.07, 6.45) is 8.16. The Balaban J connectivity index is 1.46. The van der Waals surface area contributed by atoms with Crippen LogP contribution in [0.5, 0.6) is 0 Å². The van der Waals surface area contributed by atoms with Gasteiger partial charge in [-0.1, -0.05) is 62.6 Å². The second-order valence-electron chi connectivity index (χ2n) is 9.79. The zero-order valence-electron chi connectivity index (χ0n) is 22.8. The number of hydrogen-bond donors (Lipinski definition) is 0. The molecular formula is C31H33FN4O4. The summed E-state index contributed by atoms with van der Waals surface area (Å²) < 4.78 is 19.9. The number of carbonyl (C=O) groups excluding carboxylic acids is 2. The molecule has 9 heteroatoms. The van der Waals surface area contributed by atoms with Gasteiger partial charge >= 0.3 is 12.1 Å². The molecule has 1 unspecified atom stereocenters. The molecule has 0 bridgehead atoms. The number of cyclic esters (lactones) is 1. The van der Waals surface area contributed by atoms with Crippen molar-refractivity contribution < 1.29 is 23.8 Å². The average molecular weight is 545 g/mol. The SMILES string of the molecule is C=C/C=C\C(=C)n1cc(CN(C)CCC2(CC)CN(c3ccc(C(=O)OF)cc3)C(=O)O2)c(-c2ccccc2)n1. The van der Waals surface area contributed by atoms with Crippen LogP contribution in [0.25, 0.3) is 17.0 Å². The Bertz CT molecular complexity index is 1400. The summed E-state index contributed by atoms with van der Waals surface area (Å²) in [4.78, 5) is 31.2. The van der Waals surface area contributed by atoms with E-state index >= 15 is 0 Å². The molecule has 2 heterocycles. The van der Waals surface area contributed by atoms with Crippen LogP contribution in [-0.2, 0) is 16.2 Å². The van der Waals surface area contributed by atoms with Crippen molar-refractivity contribution in [3.8, 4) is 11.3 Å². The zero-order valence-corrected chi connectivity index (χ0v) is 22.8. The Hall–Kier alpha value is -4.50. The fourth-order valence-corrected chi connectivity index (χ4v) is 4.67. The molecule has 1 saturated heterocycles. The minimum Gasteiger partial charge on any atom is -0.441 e. The number of carbonyl (C=O) groups is 2. The highest BCUT2D eigenvalue weighted by Gasteiger charge is 2.44. The third-order valence-corrected chi connectivity index (χ3v) is 7.05. The van der Waals surface area contributed by atoms with Gasteiger partial charge in [0.15, 0.2) is 0 Å². The van der Waals surface area contributed by atoms with Gasteiger partial charge in [0.1, 0.15) is 5.60 Å². The number of hydrogen-bond acceptors (Lipinski definition) is 6. The summed E-state index contributed by atoms with van der Waals surface area (Å²) >= 11 is 0. The molecule has 0 radical (unpaired) electrons. The molecule has 1 aliphatic rings. The predicted octanol–water partition coefficient (Wildman–Crippen LogP) is 6.43. The van der Waals surface area contributed by atoms with E-state index in [4.69, 9.17) is 9.84 Å². The molecule has 4 rings (SSSR count). The average Bonchev–Trinajstić information content (AvgIpc) is 3.56. The van der Waals surface area contributed by atoms with E-state index in [-0.39, 0.29) is 5.56 Å². The highest BCUT2D eigenvalue weighted by molar-refractivity contribution is 5.92. The van der Waals surface area contributed by atoms with E-state index in [2.05, 4.69) is 23.0 Å². The number of allylic oxidation sites excluding steroid dienone is 4. The lowest BCUT2D eigenvalue weighted by Gasteiger charge is -2.28. The fourth-order valence-electron chi connectivity index (χ4n) is 4.67. The molecule has 0 aliphatic carbocycles. The highest BCUT2D eigenvalue weighted by atomic mass is 19.3. The van der Waals surface area contributed by atoms with Crippen molar-refractivity contribution in [2.24, 2.45) is 0 Å². The van der Waals surface area contributed by atoms with Crippen LogP contribution in [0.3, 0.4) is 0 Å². The Morgan fingerprint density at radius 1 is 1.23 bits per heavy atom. The van der Waals surface area contributed by atoms with E-state index in [0.29, 0.717) is 38.2 Å². The summed E-state index contributed by atoms with van der Waals surface area (Å²) in [5.41, 5.74) is 3.62. The van der Waals surface area contributed by atoms with Crippen molar-refractivity contribution in [3.63, 3.8) is 0 Å². The predicted molar refractivity (Wildman–Crippen MR) is 153 cm³/mol. The number of halogens is 1. The summed E-state index contributed by atoms with van der Waals surface area (Å²) in [6.45, 7) is 11.5. The van der Waals surface area contributed by atoms with Gasteiger partial charge in [0.25, 0.3) is 0 Å². The van der Waals surface area contributed by atoms with Crippen molar-refractivity contribution in [1.82, 2.24) is 14.7 Å². The summed E-state index contributed by atoms with van der Waals surface area (Å²) in [5.74, 6) is -1.08. The van der Waals surface area contributed by atoms with Crippen molar-refractivity contribution in [1.29, 1.82) is 0 Å². The van der Waals surface area contributed by atoms with Crippen LogP contribution in [0.2, 0.25) is 0 Å². The quantitative estimate of drug-likeness (QED) is 0.245. The van der Waals surface area contributed by atoms with E-state index < -0.39 is 17.7 Å². The summed E-state index contributed by atoms with van der Waals surface area (Å²) in [7, 11) is 2.03. The van der Waals surface area contributed by atoms with Crippen molar-refractivity contribution in [2.45, 2.75) is 31.9 Å². The smallest absolute Gasteiger partial charge is 0.415 e. The molecule has 1 amide bonds. The van der Waals surface area contributed by atoms with Gasteiger partial charge < -0.3 is 9.64 Å². The van der Waals surface area contributed by atoms with Crippen LogP contribution in [0.1, 0.15) is 35.7 Å². The number of amides is 1. The first-order valence-electron chi connectivity index (χ1n) is 13.0. The molecule has 1 aromatic heterocycles. The Kier molecular flexibility index (Phi) is 8.96. The van der Waals surface area contributed by atoms with Crippen LogP contribution < -0.4 is 4.90 Å². The van der Waals surface area contributed by atoms with Gasteiger partial charge in [-0.05, 0) is 43.8 Å².